The number of aliphatic hydroxyl groups is 1. The molecule has 0 radical (unpaired) electrons. The van der Waals surface area contributed by atoms with Crippen LogP contribution >= 0.6 is 0 Å². The number of aromatic hydroxyl groups is 1. The molecule has 29 heavy (non-hydrogen) atoms. The first kappa shape index (κ1) is 20.5. The Labute approximate surface area is 167 Å². The minimum Gasteiger partial charge on any atom is -0.480 e. The van der Waals surface area contributed by atoms with Crippen LogP contribution in [-0.4, -0.2) is 56.3 Å². The zero-order valence-corrected chi connectivity index (χ0v) is 16.1. The van der Waals surface area contributed by atoms with Gasteiger partial charge in [-0.05, 0) is 17.2 Å². The molecule has 1 atom stereocenters. The molecule has 10 heteroatoms. The molecule has 154 valence electrons. The maximum Gasteiger partial charge on any atom is 0.320 e. The number of hydrogen-bond donors (Lipinski definition) is 4. The van der Waals surface area contributed by atoms with Crippen LogP contribution in [0, 0.1) is 0 Å². The van der Waals surface area contributed by atoms with E-state index in [0.717, 1.165) is 11.1 Å². The average Bonchev–Trinajstić information content (AvgIpc) is 3.03. The third-order valence-corrected chi connectivity index (χ3v) is 4.20. The lowest BCUT2D eigenvalue weighted by atomic mass is 10.1. The number of nitrogens with one attached hydrogen (secondary N) is 1. The van der Waals surface area contributed by atoms with Crippen molar-refractivity contribution in [1.82, 2.24) is 24.8 Å². The molecule has 1 unspecified atom stereocenters. The molecule has 0 aliphatic rings. The second-order valence-electron chi connectivity index (χ2n) is 6.28. The first-order chi connectivity index (χ1) is 14.0. The predicted octanol–water partition coefficient (Wildman–Crippen LogP) is 0.782. The molecule has 0 aliphatic heterocycles. The number of nitrogen functional groups attached to an aromatic ring is 1. The second kappa shape index (κ2) is 9.32. The van der Waals surface area contributed by atoms with Gasteiger partial charge in [0.05, 0.1) is 13.2 Å². The fourth-order valence-corrected chi connectivity index (χ4v) is 2.67. The van der Waals surface area contributed by atoms with E-state index in [1.807, 2.05) is 24.3 Å². The fourth-order valence-electron chi connectivity index (χ4n) is 2.67. The lowest BCUT2D eigenvalue weighted by molar-refractivity contribution is 0.141. The van der Waals surface area contributed by atoms with E-state index < -0.39 is 6.23 Å². The first-order valence-corrected chi connectivity index (χ1v) is 8.98. The number of nitrogens with two attached hydrogens (primary N) is 1. The fraction of sp³-hybridized carbons (Fsp3) is 0.316. The van der Waals surface area contributed by atoms with Crippen molar-refractivity contribution >= 4 is 17.0 Å². The van der Waals surface area contributed by atoms with E-state index in [1.54, 1.807) is 7.11 Å². The highest BCUT2D eigenvalue weighted by atomic mass is 16.5. The van der Waals surface area contributed by atoms with Gasteiger partial charge in [0.15, 0.2) is 17.0 Å². The van der Waals surface area contributed by atoms with Crippen molar-refractivity contribution in [3.8, 4) is 12.0 Å². The van der Waals surface area contributed by atoms with E-state index in [9.17, 15) is 10.2 Å². The Morgan fingerprint density at radius 2 is 1.93 bits per heavy atom. The topological polar surface area (TPSA) is 141 Å². The molecule has 3 rings (SSSR count). The number of rotatable bonds is 10. The van der Waals surface area contributed by atoms with Gasteiger partial charge in [0, 0.05) is 13.7 Å². The standard InChI is InChI=1S/C19H24N6O4/c1-3-14(26)21-10-12-4-6-13(7-5-12)11-25-17-15(22-19(25)27)16(20)23-18(24-17)29-9-8-28-2/h3-7,14,21,26H,1,8-11H2,2H3,(H,22,27)(H2,20,23,24). The molecule has 0 saturated heterocycles. The van der Waals surface area contributed by atoms with E-state index in [2.05, 4.69) is 26.8 Å². The Hall–Kier alpha value is -3.21. The Morgan fingerprint density at radius 1 is 1.21 bits per heavy atom. The van der Waals surface area contributed by atoms with Crippen molar-refractivity contribution in [3.63, 3.8) is 0 Å². The van der Waals surface area contributed by atoms with Crippen molar-refractivity contribution in [1.29, 1.82) is 0 Å². The minimum absolute atomic E-state index is 0.0930. The highest BCUT2D eigenvalue weighted by Crippen LogP contribution is 2.25. The quantitative estimate of drug-likeness (QED) is 0.221. The van der Waals surface area contributed by atoms with E-state index in [4.69, 9.17) is 15.2 Å². The van der Waals surface area contributed by atoms with Crippen molar-refractivity contribution in [2.24, 2.45) is 0 Å². The summed E-state index contributed by atoms with van der Waals surface area (Å²) < 4.78 is 11.9. The number of ether oxygens (including phenoxy) is 2. The average molecular weight is 400 g/mol. The number of aliphatic hydroxyl groups excluding tert-OH is 1. The van der Waals surface area contributed by atoms with E-state index in [1.165, 1.54) is 10.6 Å². The number of fused-ring (bicyclic) bond motifs is 1. The van der Waals surface area contributed by atoms with Gasteiger partial charge in [-0.25, -0.2) is 0 Å². The van der Waals surface area contributed by atoms with Crippen LogP contribution in [0.3, 0.4) is 0 Å². The van der Waals surface area contributed by atoms with Crippen molar-refractivity contribution < 1.29 is 19.7 Å². The van der Waals surface area contributed by atoms with Gasteiger partial charge < -0.3 is 25.4 Å². The Kier molecular flexibility index (Phi) is 6.60. The largest absolute Gasteiger partial charge is 0.480 e. The van der Waals surface area contributed by atoms with E-state index in [-0.39, 0.29) is 24.4 Å². The van der Waals surface area contributed by atoms with Gasteiger partial charge in [0.2, 0.25) is 0 Å². The summed E-state index contributed by atoms with van der Waals surface area (Å²) in [5, 5.41) is 22.7. The minimum atomic E-state index is -0.755. The number of hydrogen-bond acceptors (Lipinski definition) is 9. The third-order valence-electron chi connectivity index (χ3n) is 4.20. The lowest BCUT2D eigenvalue weighted by Gasteiger charge is -2.10. The summed E-state index contributed by atoms with van der Waals surface area (Å²) in [4.78, 5) is 12.4. The number of imidazole rings is 1. The van der Waals surface area contributed by atoms with E-state index in [0.29, 0.717) is 30.9 Å². The molecule has 10 nitrogen and oxygen atoms in total. The summed E-state index contributed by atoms with van der Waals surface area (Å²) in [6.07, 6.45) is 0.664. The van der Waals surface area contributed by atoms with Crippen LogP contribution in [0.1, 0.15) is 11.1 Å². The molecule has 2 heterocycles. The summed E-state index contributed by atoms with van der Waals surface area (Å²) >= 11 is 0. The number of benzene rings is 1. The summed E-state index contributed by atoms with van der Waals surface area (Å²) in [6.45, 7) is 5.01. The highest BCUT2D eigenvalue weighted by molar-refractivity contribution is 5.83. The number of nitrogens with zero attached hydrogens (tertiary/aromatic N) is 4. The molecule has 0 bridgehead atoms. The zero-order chi connectivity index (χ0) is 20.8. The smallest absolute Gasteiger partial charge is 0.320 e. The lowest BCUT2D eigenvalue weighted by Crippen LogP contribution is -2.25. The van der Waals surface area contributed by atoms with Gasteiger partial charge in [-0.15, -0.1) is 0 Å². The van der Waals surface area contributed by atoms with Crippen LogP contribution in [0.2, 0.25) is 0 Å². The molecule has 2 aromatic heterocycles. The van der Waals surface area contributed by atoms with E-state index >= 15 is 0 Å². The van der Waals surface area contributed by atoms with Crippen molar-refractivity contribution in [2.45, 2.75) is 19.3 Å². The maximum atomic E-state index is 10.3. The van der Waals surface area contributed by atoms with Gasteiger partial charge in [-0.2, -0.15) is 15.0 Å². The van der Waals surface area contributed by atoms with Crippen LogP contribution in [0.15, 0.2) is 36.9 Å². The Bertz CT molecular complexity index is 973. The van der Waals surface area contributed by atoms with Crippen LogP contribution in [0.4, 0.5) is 5.82 Å². The number of aromatic nitrogens is 4. The second-order valence-corrected chi connectivity index (χ2v) is 6.28. The van der Waals surface area contributed by atoms with Crippen LogP contribution in [0.25, 0.3) is 11.2 Å². The molecular weight excluding hydrogens is 376 g/mol. The molecule has 3 aromatic rings. The molecule has 5 N–H and O–H groups in total. The van der Waals surface area contributed by atoms with Gasteiger partial charge in [-0.1, -0.05) is 30.8 Å². The predicted molar refractivity (Wildman–Crippen MR) is 107 cm³/mol. The van der Waals surface area contributed by atoms with Gasteiger partial charge >= 0.3 is 6.01 Å². The molecule has 0 saturated carbocycles. The van der Waals surface area contributed by atoms with Gasteiger partial charge in [-0.3, -0.25) is 9.88 Å². The Balaban J connectivity index is 1.80. The van der Waals surface area contributed by atoms with Gasteiger partial charge in [0.1, 0.15) is 12.8 Å². The zero-order valence-electron chi connectivity index (χ0n) is 16.1. The SMILES string of the molecule is C=CC(O)NCc1ccc(Cn2c(O)nc3c(N)nc(OCCOC)nc32)cc1. The van der Waals surface area contributed by atoms with Crippen LogP contribution in [0.5, 0.6) is 12.0 Å². The maximum absolute atomic E-state index is 10.3. The molecular formula is C19H24N6O4. The van der Waals surface area contributed by atoms with Crippen LogP contribution < -0.4 is 15.8 Å². The summed E-state index contributed by atoms with van der Waals surface area (Å²) in [6, 6.07) is 7.57. The summed E-state index contributed by atoms with van der Waals surface area (Å²) in [7, 11) is 1.57. The summed E-state index contributed by atoms with van der Waals surface area (Å²) in [5.74, 6) is 0.124. The molecule has 1 aromatic carbocycles. The monoisotopic (exact) mass is 400 g/mol. The molecule has 0 amide bonds. The van der Waals surface area contributed by atoms with Gasteiger partial charge in [0.25, 0.3) is 6.01 Å². The molecule has 0 fully saturated rings. The van der Waals surface area contributed by atoms with Crippen molar-refractivity contribution in [3.05, 3.63) is 48.0 Å². The number of methoxy groups -OCH3 is 1. The normalized spacial score (nSPS) is 12.2. The first-order valence-electron chi connectivity index (χ1n) is 8.98. The molecule has 0 spiro atoms. The molecule has 0 aliphatic carbocycles. The third kappa shape index (κ3) is 4.99. The van der Waals surface area contributed by atoms with Crippen molar-refractivity contribution in [2.75, 3.05) is 26.1 Å². The van der Waals surface area contributed by atoms with Crippen LogP contribution in [-0.2, 0) is 17.8 Å². The number of anilines is 1. The Morgan fingerprint density at radius 3 is 2.62 bits per heavy atom. The summed E-state index contributed by atoms with van der Waals surface area (Å²) in [5.41, 5.74) is 8.54. The highest BCUT2D eigenvalue weighted by Gasteiger charge is 2.17.